The van der Waals surface area contributed by atoms with Gasteiger partial charge in [-0.2, -0.15) is 0 Å². The summed E-state index contributed by atoms with van der Waals surface area (Å²) in [5.41, 5.74) is 18.1. The Kier molecular flexibility index (Phi) is 20.5. The highest BCUT2D eigenvalue weighted by atomic mass is 15.1. The van der Waals surface area contributed by atoms with Gasteiger partial charge in [0, 0.05) is 50.1 Å². The first-order valence-corrected chi connectivity index (χ1v) is 43.0. The summed E-state index contributed by atoms with van der Waals surface area (Å²) in [5.74, 6) is 5.93. The lowest BCUT2D eigenvalue weighted by Crippen LogP contribution is -2.00. The second-order valence-corrected chi connectivity index (χ2v) is 31.8. The van der Waals surface area contributed by atoms with Crippen LogP contribution in [0.2, 0.25) is 0 Å². The molecule has 0 saturated carbocycles. The molecule has 24 rings (SSSR count). The lowest BCUT2D eigenvalue weighted by Gasteiger charge is -2.14. The molecule has 0 bridgehead atoms. The molecule has 0 saturated heterocycles. The van der Waals surface area contributed by atoms with Crippen LogP contribution in [-0.2, 0) is 0 Å². The number of aromatic nitrogens is 9. The fourth-order valence-corrected chi connectivity index (χ4v) is 17.5. The van der Waals surface area contributed by atoms with Crippen molar-refractivity contribution in [2.24, 2.45) is 0 Å². The maximum atomic E-state index is 5.00. The Morgan fingerprint density at radius 1 is 0.0938 bits per heavy atom. The zero-order valence-corrected chi connectivity index (χ0v) is 69.5. The van der Waals surface area contributed by atoms with Crippen molar-refractivity contribution in [1.29, 1.82) is 0 Å². The Bertz CT molecular complexity index is 8150. The smallest absolute Gasteiger partial charge is 0.164 e. The van der Waals surface area contributed by atoms with Crippen molar-refractivity contribution in [1.82, 2.24) is 44.9 Å². The van der Waals surface area contributed by atoms with E-state index in [1.54, 1.807) is 0 Å². The number of rotatable bonds is 13. The maximum Gasteiger partial charge on any atom is 0.164 e. The molecule has 0 fully saturated rings. The van der Waals surface area contributed by atoms with Gasteiger partial charge in [-0.15, -0.1) is 0 Å². The van der Waals surface area contributed by atoms with Gasteiger partial charge in [-0.05, 0) is 155 Å². The predicted molar refractivity (Wildman–Crippen MR) is 530 cm³/mol. The standard InChI is InChI=1S/C41H27N3.2C39H25N3/c1-3-11-28(12-4-1)29-19-23-32(24-20-29)40-42-39(31-13-5-2-6-14-31)43-41(44-40)33-25-21-30(22-26-33)38-27-34-15-7-8-16-35(34)36-17-9-10-18-37(36)38;1-3-12-27(13-4-1)37-40-38(28-14-5-2-6-15-28)42-39(41-37)36-24-23-33(34-17-9-10-18-35(34)36)30-21-22-32-29(25-30)20-19-26-11-7-8-16-31(26)32;1-2-11-29(12-3-1)37-40-38(42-39(41-37)36-16-8-13-27-9-4-7-15-34(27)36)30-20-17-26(18-21-30)31-23-24-35-32(25-31)22-19-28-10-5-6-14-33(28)35/h1-27H;2*1-25H. The Morgan fingerprint density at radius 3 is 0.766 bits per heavy atom. The zero-order valence-electron chi connectivity index (χ0n) is 69.5. The van der Waals surface area contributed by atoms with Crippen LogP contribution in [0.4, 0.5) is 0 Å². The van der Waals surface area contributed by atoms with Gasteiger partial charge in [-0.25, -0.2) is 44.9 Å². The van der Waals surface area contributed by atoms with Gasteiger partial charge in [-0.3, -0.25) is 0 Å². The summed E-state index contributed by atoms with van der Waals surface area (Å²) in [4.78, 5) is 44.6. The van der Waals surface area contributed by atoms with E-state index in [0.717, 1.165) is 88.3 Å². The molecule has 0 radical (unpaired) electrons. The normalized spacial score (nSPS) is 11.3. The molecule has 0 atom stereocenters. The van der Waals surface area contributed by atoms with Crippen LogP contribution in [0.1, 0.15) is 0 Å². The van der Waals surface area contributed by atoms with Gasteiger partial charge in [0.25, 0.3) is 0 Å². The quantitative estimate of drug-likeness (QED) is 0.104. The van der Waals surface area contributed by atoms with Crippen LogP contribution in [-0.4, -0.2) is 44.9 Å². The minimum Gasteiger partial charge on any atom is -0.208 e. The first-order chi connectivity index (χ1) is 63.4. The fraction of sp³-hybridized carbons (Fsp3) is 0. The Balaban J connectivity index is 0.000000113. The average Bonchev–Trinajstić information content (AvgIpc) is 0.753. The number of nitrogens with zero attached hydrogens (tertiary/aromatic N) is 9. The van der Waals surface area contributed by atoms with Crippen molar-refractivity contribution in [3.05, 3.63) is 467 Å². The van der Waals surface area contributed by atoms with Crippen molar-refractivity contribution in [3.63, 3.8) is 0 Å². The van der Waals surface area contributed by atoms with Crippen LogP contribution in [0.5, 0.6) is 0 Å². The minimum absolute atomic E-state index is 0.649. The molecule has 0 aliphatic carbocycles. The van der Waals surface area contributed by atoms with Crippen LogP contribution >= 0.6 is 0 Å². The highest BCUT2D eigenvalue weighted by molar-refractivity contribution is 6.15. The SMILES string of the molecule is c1ccc(-c2ccc(-c3nc(-c4ccccc4)nc(-c4ccc(-c5cc6ccccc6c6ccccc56)cc4)n3)cc2)cc1.c1ccc(-c2nc(-c3ccc(-c4ccc5c(ccc6ccccc65)c4)cc3)nc(-c3cccc4ccccc34)n2)cc1.c1ccc(-c2nc(-c3ccccc3)nc(-c3ccc(-c4ccc5c(ccc6ccccc65)c4)c4ccccc34)n2)cc1. The predicted octanol–water partition coefficient (Wildman–Crippen LogP) is 30.5. The van der Waals surface area contributed by atoms with E-state index in [-0.39, 0.29) is 0 Å². The molecule has 598 valence electrons. The van der Waals surface area contributed by atoms with E-state index in [1.807, 2.05) is 127 Å². The molecule has 9 heteroatoms. The Labute approximate surface area is 740 Å². The highest BCUT2D eigenvalue weighted by Gasteiger charge is 2.21. The molecular formula is C119H77N9. The summed E-state index contributed by atoms with van der Waals surface area (Å²) in [5, 5.41) is 19.6. The Morgan fingerprint density at radius 2 is 0.328 bits per heavy atom. The molecule has 3 heterocycles. The third kappa shape index (κ3) is 15.5. The van der Waals surface area contributed by atoms with E-state index in [2.05, 4.69) is 340 Å². The van der Waals surface area contributed by atoms with Gasteiger partial charge in [0.1, 0.15) is 0 Å². The molecule has 0 unspecified atom stereocenters. The van der Waals surface area contributed by atoms with Gasteiger partial charge in [0.15, 0.2) is 52.4 Å². The molecule has 128 heavy (non-hydrogen) atoms. The van der Waals surface area contributed by atoms with Crippen molar-refractivity contribution >= 4 is 86.2 Å². The first kappa shape index (κ1) is 76.8. The molecule has 0 amide bonds. The molecule has 0 aliphatic heterocycles. The van der Waals surface area contributed by atoms with Crippen LogP contribution in [0.3, 0.4) is 0 Å². The van der Waals surface area contributed by atoms with Gasteiger partial charge < -0.3 is 0 Å². The molecule has 24 aromatic rings. The number of hydrogen-bond donors (Lipinski definition) is 0. The molecule has 0 aliphatic rings. The summed E-state index contributed by atoms with van der Waals surface area (Å²) < 4.78 is 0. The van der Waals surface area contributed by atoms with E-state index >= 15 is 0 Å². The first-order valence-electron chi connectivity index (χ1n) is 43.0. The molecule has 21 aromatic carbocycles. The van der Waals surface area contributed by atoms with Crippen LogP contribution in [0.15, 0.2) is 467 Å². The molecule has 3 aromatic heterocycles. The zero-order chi connectivity index (χ0) is 85.1. The van der Waals surface area contributed by atoms with Crippen molar-refractivity contribution in [3.8, 4) is 147 Å². The van der Waals surface area contributed by atoms with Crippen LogP contribution in [0.25, 0.3) is 233 Å². The summed E-state index contributed by atoms with van der Waals surface area (Å²) >= 11 is 0. The van der Waals surface area contributed by atoms with Crippen molar-refractivity contribution in [2.75, 3.05) is 0 Å². The summed E-state index contributed by atoms with van der Waals surface area (Å²) in [7, 11) is 0. The van der Waals surface area contributed by atoms with Crippen molar-refractivity contribution < 1.29 is 0 Å². The second kappa shape index (κ2) is 34.2. The monoisotopic (exact) mass is 1630 g/mol. The molecular weight excluding hydrogens is 1560 g/mol. The second-order valence-electron chi connectivity index (χ2n) is 31.8. The fourth-order valence-electron chi connectivity index (χ4n) is 17.5. The number of benzene rings is 21. The lowest BCUT2D eigenvalue weighted by molar-refractivity contribution is 1.07. The maximum absolute atomic E-state index is 5.00. The molecule has 9 nitrogen and oxygen atoms in total. The topological polar surface area (TPSA) is 116 Å². The van der Waals surface area contributed by atoms with E-state index < -0.39 is 0 Å². The largest absolute Gasteiger partial charge is 0.208 e. The third-order valence-electron chi connectivity index (χ3n) is 24.0. The summed E-state index contributed by atoms with van der Waals surface area (Å²) in [6.07, 6.45) is 0. The summed E-state index contributed by atoms with van der Waals surface area (Å²) in [6.45, 7) is 0. The molecule has 0 spiro atoms. The Hall–Kier alpha value is -17.3. The van der Waals surface area contributed by atoms with Gasteiger partial charge >= 0.3 is 0 Å². The average molecular weight is 1630 g/mol. The minimum atomic E-state index is 0.649. The lowest BCUT2D eigenvalue weighted by atomic mass is 9.92. The number of fused-ring (bicyclic) bond motifs is 11. The van der Waals surface area contributed by atoms with E-state index in [0.29, 0.717) is 52.4 Å². The van der Waals surface area contributed by atoms with Gasteiger partial charge in [0.2, 0.25) is 0 Å². The summed E-state index contributed by atoms with van der Waals surface area (Å²) in [6, 6.07) is 163. The van der Waals surface area contributed by atoms with E-state index in [1.165, 1.54) is 92.5 Å². The highest BCUT2D eigenvalue weighted by Crippen LogP contribution is 2.42. The number of hydrogen-bond acceptors (Lipinski definition) is 9. The van der Waals surface area contributed by atoms with E-state index in [9.17, 15) is 0 Å². The van der Waals surface area contributed by atoms with E-state index in [4.69, 9.17) is 44.9 Å². The van der Waals surface area contributed by atoms with Gasteiger partial charge in [0.05, 0.1) is 0 Å². The third-order valence-corrected chi connectivity index (χ3v) is 24.0. The van der Waals surface area contributed by atoms with Crippen LogP contribution < -0.4 is 0 Å². The molecule has 0 N–H and O–H groups in total. The van der Waals surface area contributed by atoms with Gasteiger partial charge in [-0.1, -0.05) is 443 Å². The van der Waals surface area contributed by atoms with Crippen molar-refractivity contribution in [2.45, 2.75) is 0 Å². The van der Waals surface area contributed by atoms with Crippen LogP contribution in [0, 0.1) is 0 Å².